The minimum Gasteiger partial charge on any atom is -0.355 e. The molecule has 2 unspecified atom stereocenters. The van der Waals surface area contributed by atoms with Crippen LogP contribution in [0.3, 0.4) is 0 Å². The molecule has 1 aliphatic carbocycles. The zero-order chi connectivity index (χ0) is 21.1. The van der Waals surface area contributed by atoms with Crippen LogP contribution in [0.15, 0.2) is 41.8 Å². The molecule has 1 aromatic heterocycles. The highest BCUT2D eigenvalue weighted by Gasteiger charge is 2.38. The van der Waals surface area contributed by atoms with Gasteiger partial charge in [0.2, 0.25) is 11.8 Å². The van der Waals surface area contributed by atoms with E-state index in [9.17, 15) is 9.59 Å². The highest BCUT2D eigenvalue weighted by molar-refractivity contribution is 5.87. The predicted molar refractivity (Wildman–Crippen MR) is 116 cm³/mol. The third-order valence-electron chi connectivity index (χ3n) is 6.10. The second kappa shape index (κ2) is 8.77. The van der Waals surface area contributed by atoms with Gasteiger partial charge in [-0.2, -0.15) is 5.10 Å². The fraction of sp³-hybridized carbons (Fsp3) is 0.500. The van der Waals surface area contributed by atoms with Crippen LogP contribution in [0.25, 0.3) is 0 Å². The Labute approximate surface area is 176 Å². The lowest BCUT2D eigenvalue weighted by molar-refractivity contribution is -0.138. The first kappa shape index (κ1) is 20.3. The summed E-state index contributed by atoms with van der Waals surface area (Å²) < 4.78 is 0. The van der Waals surface area contributed by atoms with Gasteiger partial charge in [0.15, 0.2) is 5.82 Å². The highest BCUT2D eigenvalue weighted by Crippen LogP contribution is 2.32. The number of allylic oxidation sites excluding steroid dienone is 3. The van der Waals surface area contributed by atoms with E-state index in [4.69, 9.17) is 0 Å². The van der Waals surface area contributed by atoms with Crippen molar-refractivity contribution in [3.63, 3.8) is 0 Å². The molecule has 8 heteroatoms. The fourth-order valence-electron chi connectivity index (χ4n) is 4.47. The van der Waals surface area contributed by atoms with Crippen molar-refractivity contribution in [3.05, 3.63) is 36.7 Å². The molecule has 0 saturated carbocycles. The number of amides is 2. The number of anilines is 2. The summed E-state index contributed by atoms with van der Waals surface area (Å²) in [7, 11) is 0. The van der Waals surface area contributed by atoms with Gasteiger partial charge in [-0.05, 0) is 18.8 Å². The number of rotatable bonds is 4. The molecule has 1 aromatic rings. The molecule has 1 N–H and O–H groups in total. The lowest BCUT2D eigenvalue weighted by Crippen LogP contribution is -2.46. The second-order valence-corrected chi connectivity index (χ2v) is 8.20. The molecule has 3 atom stereocenters. The Morgan fingerprint density at radius 3 is 2.63 bits per heavy atom. The minimum atomic E-state index is -0.177. The van der Waals surface area contributed by atoms with E-state index in [1.807, 2.05) is 6.21 Å². The minimum absolute atomic E-state index is 0.0381. The molecule has 158 valence electrons. The van der Waals surface area contributed by atoms with Crippen LogP contribution in [-0.4, -0.2) is 52.1 Å². The summed E-state index contributed by atoms with van der Waals surface area (Å²) in [5.74, 6) is 1.77. The number of aromatic nitrogens is 2. The van der Waals surface area contributed by atoms with Crippen LogP contribution in [0.1, 0.15) is 33.1 Å². The fourth-order valence-corrected chi connectivity index (χ4v) is 4.47. The summed E-state index contributed by atoms with van der Waals surface area (Å²) in [6.07, 6.45) is 15.9. The van der Waals surface area contributed by atoms with Crippen LogP contribution in [0.5, 0.6) is 0 Å². The van der Waals surface area contributed by atoms with Gasteiger partial charge in [0.1, 0.15) is 5.82 Å². The molecule has 1 fully saturated rings. The summed E-state index contributed by atoms with van der Waals surface area (Å²) in [5, 5.41) is 8.84. The maximum atomic E-state index is 13.3. The summed E-state index contributed by atoms with van der Waals surface area (Å²) in [6, 6.07) is 0.104. The van der Waals surface area contributed by atoms with E-state index >= 15 is 0 Å². The topological polar surface area (TPSA) is 90.8 Å². The Hall–Kier alpha value is -3.03. The van der Waals surface area contributed by atoms with Crippen molar-refractivity contribution >= 4 is 29.7 Å². The monoisotopic (exact) mass is 408 g/mol. The van der Waals surface area contributed by atoms with Gasteiger partial charge in [0.05, 0.1) is 18.4 Å². The van der Waals surface area contributed by atoms with E-state index in [1.165, 1.54) is 13.1 Å². The molecule has 30 heavy (non-hydrogen) atoms. The lowest BCUT2D eigenvalue weighted by Gasteiger charge is -2.36. The Kier molecular flexibility index (Phi) is 5.92. The Bertz CT molecular complexity index is 887. The van der Waals surface area contributed by atoms with E-state index in [2.05, 4.69) is 56.5 Å². The number of carbonyl (C=O) groups is 2. The van der Waals surface area contributed by atoms with Crippen LogP contribution >= 0.6 is 0 Å². The van der Waals surface area contributed by atoms with Crippen LogP contribution in [0.2, 0.25) is 0 Å². The predicted octanol–water partition coefficient (Wildman–Crippen LogP) is 2.62. The average molecular weight is 409 g/mol. The molecule has 0 radical (unpaired) electrons. The molecule has 8 nitrogen and oxygen atoms in total. The number of hydrogen-bond donors (Lipinski definition) is 1. The highest BCUT2D eigenvalue weighted by atomic mass is 16.2. The molecule has 0 bridgehead atoms. The van der Waals surface area contributed by atoms with E-state index < -0.39 is 0 Å². The van der Waals surface area contributed by atoms with Crippen molar-refractivity contribution < 1.29 is 9.59 Å². The second-order valence-electron chi connectivity index (χ2n) is 8.20. The van der Waals surface area contributed by atoms with Crippen molar-refractivity contribution in [2.75, 3.05) is 23.3 Å². The molecule has 1 saturated heterocycles. The molecule has 0 aromatic carbocycles. The number of piperidine rings is 1. The maximum Gasteiger partial charge on any atom is 0.246 e. The van der Waals surface area contributed by atoms with E-state index in [0.717, 1.165) is 38.2 Å². The molecule has 3 heterocycles. The third kappa shape index (κ3) is 4.27. The van der Waals surface area contributed by atoms with Crippen LogP contribution in [-0.2, 0) is 9.59 Å². The van der Waals surface area contributed by atoms with Crippen molar-refractivity contribution in [1.29, 1.82) is 0 Å². The van der Waals surface area contributed by atoms with Crippen LogP contribution < -0.4 is 10.2 Å². The first-order chi connectivity index (χ1) is 14.5. The van der Waals surface area contributed by atoms with Gasteiger partial charge >= 0.3 is 0 Å². The average Bonchev–Trinajstić information content (AvgIpc) is 3.23. The number of nitrogens with one attached hydrogen (secondary N) is 1. The van der Waals surface area contributed by atoms with Gasteiger partial charge in [-0.25, -0.2) is 9.99 Å². The molecular weight excluding hydrogens is 380 g/mol. The first-order valence-electron chi connectivity index (χ1n) is 10.6. The van der Waals surface area contributed by atoms with Gasteiger partial charge in [0.25, 0.3) is 0 Å². The molecule has 2 aliphatic heterocycles. The molecule has 4 rings (SSSR count). The van der Waals surface area contributed by atoms with Crippen molar-refractivity contribution in [2.24, 2.45) is 22.9 Å². The number of hydrazone groups is 1. The zero-order valence-electron chi connectivity index (χ0n) is 17.4. The van der Waals surface area contributed by atoms with Gasteiger partial charge in [-0.3, -0.25) is 14.6 Å². The Morgan fingerprint density at radius 2 is 1.90 bits per heavy atom. The van der Waals surface area contributed by atoms with Gasteiger partial charge in [-0.15, -0.1) is 0 Å². The molecule has 3 aliphatic rings. The Morgan fingerprint density at radius 1 is 1.13 bits per heavy atom. The normalized spacial score (nSPS) is 26.3. The van der Waals surface area contributed by atoms with Crippen molar-refractivity contribution in [3.8, 4) is 0 Å². The standard InChI is InChI=1S/C22H28N6O2/c1-15-5-3-4-6-18(15)19-7-10-24-28(19)22(30)17-8-11-27(12-9-17)21-14-23-13-20(26-21)25-16(2)29/h3-6,10,13-15,17-19H,7-9,11-12H2,1-2H3,(H,25,26,29)/t15?,18?,19-/m0/s1. The van der Waals surface area contributed by atoms with Crippen LogP contribution in [0.4, 0.5) is 11.6 Å². The molecule has 0 spiro atoms. The van der Waals surface area contributed by atoms with Crippen molar-refractivity contribution in [1.82, 2.24) is 15.0 Å². The maximum absolute atomic E-state index is 13.3. The van der Waals surface area contributed by atoms with Crippen LogP contribution in [0, 0.1) is 17.8 Å². The quantitative estimate of drug-likeness (QED) is 0.827. The molecule has 2 amide bonds. The summed E-state index contributed by atoms with van der Waals surface area (Å²) in [4.78, 5) is 35.3. The van der Waals surface area contributed by atoms with Gasteiger partial charge in [0, 0.05) is 44.5 Å². The van der Waals surface area contributed by atoms with E-state index in [-0.39, 0.29) is 23.8 Å². The van der Waals surface area contributed by atoms with E-state index in [0.29, 0.717) is 17.7 Å². The summed E-state index contributed by atoms with van der Waals surface area (Å²) in [5.41, 5.74) is 0. The third-order valence-corrected chi connectivity index (χ3v) is 6.10. The Balaban J connectivity index is 1.37. The lowest BCUT2D eigenvalue weighted by atomic mass is 9.82. The van der Waals surface area contributed by atoms with Gasteiger partial charge < -0.3 is 10.2 Å². The summed E-state index contributed by atoms with van der Waals surface area (Å²) in [6.45, 7) is 5.08. The number of carbonyl (C=O) groups excluding carboxylic acids is 2. The first-order valence-corrected chi connectivity index (χ1v) is 10.6. The number of nitrogens with zero attached hydrogens (tertiary/aromatic N) is 5. The largest absolute Gasteiger partial charge is 0.355 e. The zero-order valence-corrected chi connectivity index (χ0v) is 17.4. The van der Waals surface area contributed by atoms with Crippen molar-refractivity contribution in [2.45, 2.75) is 39.2 Å². The van der Waals surface area contributed by atoms with E-state index in [1.54, 1.807) is 11.2 Å². The molecular formula is C22H28N6O2. The summed E-state index contributed by atoms with van der Waals surface area (Å²) >= 11 is 0. The SMILES string of the molecule is CC(=O)Nc1cncc(N2CCC(C(=O)N3N=CC[C@H]3C3C=CC=CC3C)CC2)n1. The van der Waals surface area contributed by atoms with Gasteiger partial charge in [-0.1, -0.05) is 31.2 Å². The number of hydrogen-bond acceptors (Lipinski definition) is 6. The smallest absolute Gasteiger partial charge is 0.246 e.